The molecule has 0 radical (unpaired) electrons. The van der Waals surface area contributed by atoms with Gasteiger partial charge in [-0.25, -0.2) is 0 Å². The van der Waals surface area contributed by atoms with Crippen LogP contribution in [-0.2, 0) is 32.6 Å². The van der Waals surface area contributed by atoms with Crippen LogP contribution in [0.5, 0.6) is 0 Å². The SMILES string of the molecule is CCN(CC)Cc1ccc2c(c1)cc(C#CCNc1ccc(C)nc1CCN(CC)Cc1ccc3c(c1)cc(C#CCNc1ccnc(C)c1)n3CC)n2CC. The predicted molar refractivity (Wildman–Crippen MR) is 235 cm³/mol. The molecule has 0 bridgehead atoms. The van der Waals surface area contributed by atoms with Gasteiger partial charge < -0.3 is 19.8 Å². The lowest BCUT2D eigenvalue weighted by Gasteiger charge is -2.21. The van der Waals surface area contributed by atoms with Gasteiger partial charge in [0, 0.05) is 84.2 Å². The average molecular weight is 747 g/mol. The first-order valence-electron chi connectivity index (χ1n) is 20.4. The molecule has 0 atom stereocenters. The summed E-state index contributed by atoms with van der Waals surface area (Å²) in [6, 6.07) is 26.4. The Bertz CT molecular complexity index is 2370. The minimum Gasteiger partial charge on any atom is -0.374 e. The molecule has 2 aromatic carbocycles. The van der Waals surface area contributed by atoms with Gasteiger partial charge in [0.15, 0.2) is 0 Å². The van der Waals surface area contributed by atoms with Gasteiger partial charge in [-0.15, -0.1) is 0 Å². The van der Waals surface area contributed by atoms with E-state index in [2.05, 4.69) is 160 Å². The van der Waals surface area contributed by atoms with Crippen LogP contribution >= 0.6 is 0 Å². The monoisotopic (exact) mass is 746 g/mol. The van der Waals surface area contributed by atoms with Crippen LogP contribution in [0.4, 0.5) is 11.4 Å². The van der Waals surface area contributed by atoms with Crippen molar-refractivity contribution >= 4 is 33.2 Å². The van der Waals surface area contributed by atoms with Gasteiger partial charge in [-0.3, -0.25) is 19.8 Å². The van der Waals surface area contributed by atoms with E-state index in [-0.39, 0.29) is 0 Å². The van der Waals surface area contributed by atoms with Crippen molar-refractivity contribution in [3.8, 4) is 23.7 Å². The predicted octanol–water partition coefficient (Wildman–Crippen LogP) is 8.88. The number of rotatable bonds is 16. The fourth-order valence-electron chi connectivity index (χ4n) is 7.48. The van der Waals surface area contributed by atoms with Crippen molar-refractivity contribution in [3.63, 3.8) is 0 Å². The van der Waals surface area contributed by atoms with Gasteiger partial charge in [0.05, 0.1) is 35.9 Å². The van der Waals surface area contributed by atoms with Crippen molar-refractivity contribution in [1.29, 1.82) is 0 Å². The summed E-state index contributed by atoms with van der Waals surface area (Å²) >= 11 is 0. The number of nitrogens with zero attached hydrogens (tertiary/aromatic N) is 6. The molecule has 6 aromatic rings. The Morgan fingerprint density at radius 3 is 1.79 bits per heavy atom. The largest absolute Gasteiger partial charge is 0.374 e. The Hall–Kier alpha value is -5.54. The number of hydrogen-bond donors (Lipinski definition) is 2. The van der Waals surface area contributed by atoms with Crippen molar-refractivity contribution in [2.45, 2.75) is 81.1 Å². The number of likely N-dealkylation sites (N-methyl/N-ethyl adjacent to an activating group) is 1. The van der Waals surface area contributed by atoms with Crippen LogP contribution in [0.1, 0.15) is 74.2 Å². The van der Waals surface area contributed by atoms with E-state index < -0.39 is 0 Å². The summed E-state index contributed by atoms with van der Waals surface area (Å²) in [7, 11) is 0. The summed E-state index contributed by atoms with van der Waals surface area (Å²) in [6.07, 6.45) is 2.67. The summed E-state index contributed by atoms with van der Waals surface area (Å²) in [5.41, 5.74) is 12.4. The van der Waals surface area contributed by atoms with Crippen LogP contribution in [0.3, 0.4) is 0 Å². The molecule has 0 spiro atoms. The highest BCUT2D eigenvalue weighted by Gasteiger charge is 2.12. The van der Waals surface area contributed by atoms with E-state index in [0.717, 1.165) is 98.6 Å². The Labute approximate surface area is 334 Å². The Morgan fingerprint density at radius 2 is 1.21 bits per heavy atom. The first-order chi connectivity index (χ1) is 27.3. The van der Waals surface area contributed by atoms with Crippen LogP contribution in [0.2, 0.25) is 0 Å². The molecule has 0 aliphatic carbocycles. The lowest BCUT2D eigenvalue weighted by atomic mass is 10.1. The molecule has 4 aromatic heterocycles. The van der Waals surface area contributed by atoms with Gasteiger partial charge in [-0.05, 0) is 131 Å². The normalized spacial score (nSPS) is 11.2. The summed E-state index contributed by atoms with van der Waals surface area (Å²) in [5.74, 6) is 13.6. The van der Waals surface area contributed by atoms with E-state index in [1.807, 2.05) is 25.3 Å². The second-order valence-electron chi connectivity index (χ2n) is 14.4. The fourth-order valence-corrected chi connectivity index (χ4v) is 7.48. The Balaban J connectivity index is 1.08. The maximum Gasteiger partial charge on any atom is 0.0931 e. The number of aromatic nitrogens is 4. The molecule has 4 heterocycles. The van der Waals surface area contributed by atoms with E-state index in [9.17, 15) is 0 Å². The summed E-state index contributed by atoms with van der Waals surface area (Å²) in [6.45, 7) is 23.8. The van der Waals surface area contributed by atoms with Crippen molar-refractivity contribution in [2.75, 3.05) is 49.9 Å². The molecule has 0 unspecified atom stereocenters. The number of pyridine rings is 2. The number of hydrogen-bond acceptors (Lipinski definition) is 6. The zero-order valence-electron chi connectivity index (χ0n) is 34.5. The molecule has 8 heteroatoms. The molecule has 0 amide bonds. The molecule has 6 rings (SSSR count). The van der Waals surface area contributed by atoms with Gasteiger partial charge in [-0.2, -0.15) is 0 Å². The van der Waals surface area contributed by atoms with Crippen LogP contribution in [0, 0.1) is 37.5 Å². The van der Waals surface area contributed by atoms with Crippen molar-refractivity contribution in [3.05, 3.63) is 119 Å². The average Bonchev–Trinajstić information content (AvgIpc) is 3.75. The molecular formula is C48H58N8. The van der Waals surface area contributed by atoms with E-state index in [4.69, 9.17) is 4.98 Å². The topological polar surface area (TPSA) is 66.2 Å². The molecule has 0 aliphatic heterocycles. The standard InChI is InChI=1S/C48H58N8/c1-8-53(9-2)34-38-18-21-47-40(30-38)32-44(56(47)12-5)16-14-26-51-45-20-17-36(6)52-46(45)24-28-54(10-3)35-39-19-22-48-41(31-39)33-43(55(48)11-4)15-13-25-50-42-23-27-49-37(7)29-42/h17-23,27,29-33,51H,8-12,24-26,28,34-35H2,1-7H3,(H,49,50). The number of aryl methyl sites for hydroxylation is 4. The van der Waals surface area contributed by atoms with Crippen molar-refractivity contribution in [2.24, 2.45) is 0 Å². The maximum absolute atomic E-state index is 4.97. The van der Waals surface area contributed by atoms with Crippen LogP contribution in [-0.4, -0.2) is 68.2 Å². The first kappa shape index (κ1) is 40.1. The summed E-state index contributed by atoms with van der Waals surface area (Å²) in [5, 5.41) is 9.46. The minimum absolute atomic E-state index is 0.554. The zero-order valence-corrected chi connectivity index (χ0v) is 34.5. The van der Waals surface area contributed by atoms with Crippen LogP contribution in [0.15, 0.2) is 79.0 Å². The molecule has 0 aliphatic rings. The van der Waals surface area contributed by atoms with E-state index >= 15 is 0 Å². The van der Waals surface area contributed by atoms with Crippen LogP contribution < -0.4 is 10.6 Å². The van der Waals surface area contributed by atoms with Gasteiger partial charge in [0.1, 0.15) is 0 Å². The third kappa shape index (κ3) is 10.0. The van der Waals surface area contributed by atoms with Gasteiger partial charge >= 0.3 is 0 Å². The lowest BCUT2D eigenvalue weighted by Crippen LogP contribution is -2.26. The number of fused-ring (bicyclic) bond motifs is 2. The smallest absolute Gasteiger partial charge is 0.0931 e. The summed E-state index contributed by atoms with van der Waals surface area (Å²) in [4.78, 5) is 14.2. The Morgan fingerprint density at radius 1 is 0.625 bits per heavy atom. The molecule has 2 N–H and O–H groups in total. The molecule has 8 nitrogen and oxygen atoms in total. The highest BCUT2D eigenvalue weighted by molar-refractivity contribution is 5.84. The van der Waals surface area contributed by atoms with Gasteiger partial charge in [0.25, 0.3) is 0 Å². The van der Waals surface area contributed by atoms with Crippen LogP contribution in [0.25, 0.3) is 21.8 Å². The fraction of sp³-hybridized carbons (Fsp3) is 0.375. The van der Waals surface area contributed by atoms with E-state index in [1.165, 1.54) is 32.9 Å². The molecule has 0 saturated heterocycles. The third-order valence-electron chi connectivity index (χ3n) is 10.6. The molecule has 56 heavy (non-hydrogen) atoms. The molecule has 0 saturated carbocycles. The second-order valence-corrected chi connectivity index (χ2v) is 14.4. The van der Waals surface area contributed by atoms with Crippen molar-refractivity contribution < 1.29 is 0 Å². The maximum atomic E-state index is 4.97. The highest BCUT2D eigenvalue weighted by Crippen LogP contribution is 2.24. The first-order valence-corrected chi connectivity index (χ1v) is 20.4. The van der Waals surface area contributed by atoms with Gasteiger partial charge in [-0.1, -0.05) is 44.7 Å². The third-order valence-corrected chi connectivity index (χ3v) is 10.6. The Kier molecular flexibility index (Phi) is 13.9. The van der Waals surface area contributed by atoms with E-state index in [0.29, 0.717) is 13.1 Å². The summed E-state index contributed by atoms with van der Waals surface area (Å²) < 4.78 is 4.62. The number of benzene rings is 2. The molecule has 290 valence electrons. The zero-order chi connectivity index (χ0) is 39.4. The molecular weight excluding hydrogens is 689 g/mol. The van der Waals surface area contributed by atoms with Gasteiger partial charge in [0.2, 0.25) is 0 Å². The van der Waals surface area contributed by atoms with E-state index in [1.54, 1.807) is 0 Å². The number of anilines is 2. The molecule has 0 fully saturated rings. The highest BCUT2D eigenvalue weighted by atomic mass is 15.1. The van der Waals surface area contributed by atoms with Crippen molar-refractivity contribution in [1.82, 2.24) is 28.9 Å². The number of nitrogens with one attached hydrogen (secondary N) is 2. The minimum atomic E-state index is 0.554. The lowest BCUT2D eigenvalue weighted by molar-refractivity contribution is 0.283. The second kappa shape index (κ2) is 19.4. The quantitative estimate of drug-likeness (QED) is 0.0966.